The number of alkyl halides is 1. The molecule has 1 aromatic carbocycles. The molecular weight excluding hydrogens is 336 g/mol. The average molecular weight is 354 g/mol. The van der Waals surface area contributed by atoms with Crippen LogP contribution in [0.2, 0.25) is 5.02 Å². The molecule has 0 radical (unpaired) electrons. The predicted octanol–water partition coefficient (Wildman–Crippen LogP) is 5.03. The van der Waals surface area contributed by atoms with Gasteiger partial charge in [0.1, 0.15) is 0 Å². The number of fused-ring (bicyclic) bond motifs is 1. The van der Waals surface area contributed by atoms with Crippen molar-refractivity contribution in [2.75, 3.05) is 16.8 Å². The first kappa shape index (κ1) is 14.2. The largest absolute Gasteiger partial charge is 0.367 e. The molecule has 0 atom stereocenters. The van der Waals surface area contributed by atoms with Gasteiger partial charge in [0.05, 0.1) is 5.52 Å². The van der Waals surface area contributed by atoms with Crippen LogP contribution in [0.3, 0.4) is 0 Å². The Morgan fingerprint density at radius 3 is 2.80 bits per heavy atom. The molecule has 0 unspecified atom stereocenters. The number of pyridine rings is 1. The Balaban J connectivity index is 2.05. The number of nitrogens with zero attached hydrogens (tertiary/aromatic N) is 2. The van der Waals surface area contributed by atoms with Gasteiger partial charge in [-0.3, -0.25) is 4.98 Å². The number of hydrogen-bond donors (Lipinski definition) is 0. The molecule has 1 fully saturated rings. The van der Waals surface area contributed by atoms with Gasteiger partial charge in [-0.25, -0.2) is 0 Å². The van der Waals surface area contributed by atoms with Gasteiger partial charge in [0, 0.05) is 40.2 Å². The van der Waals surface area contributed by atoms with Gasteiger partial charge in [0.15, 0.2) is 0 Å². The van der Waals surface area contributed by atoms with Crippen molar-refractivity contribution in [1.29, 1.82) is 0 Å². The van der Waals surface area contributed by atoms with Gasteiger partial charge in [-0.1, -0.05) is 40.4 Å². The zero-order valence-corrected chi connectivity index (χ0v) is 13.7. The van der Waals surface area contributed by atoms with E-state index in [9.17, 15) is 0 Å². The van der Waals surface area contributed by atoms with Crippen LogP contribution in [0.4, 0.5) is 5.69 Å². The molecule has 20 heavy (non-hydrogen) atoms. The molecule has 0 saturated heterocycles. The standard InChI is InChI=1S/C16H18BrClN2/c17-8-10-20(13-3-1-2-4-13)16-7-9-19-15-11-12(18)5-6-14(15)16/h5-7,9,11,13H,1-4,8,10H2. The number of benzene rings is 1. The summed E-state index contributed by atoms with van der Waals surface area (Å²) in [7, 11) is 0. The van der Waals surface area contributed by atoms with Crippen LogP contribution in [-0.2, 0) is 0 Å². The van der Waals surface area contributed by atoms with Gasteiger partial charge in [-0.15, -0.1) is 0 Å². The average Bonchev–Trinajstić information content (AvgIpc) is 2.98. The Kier molecular flexibility index (Phi) is 4.47. The van der Waals surface area contributed by atoms with E-state index in [2.05, 4.69) is 37.9 Å². The van der Waals surface area contributed by atoms with Gasteiger partial charge in [-0.05, 0) is 37.1 Å². The van der Waals surface area contributed by atoms with Crippen molar-refractivity contribution in [3.8, 4) is 0 Å². The van der Waals surface area contributed by atoms with Crippen LogP contribution in [0.25, 0.3) is 10.9 Å². The van der Waals surface area contributed by atoms with Crippen LogP contribution in [0.1, 0.15) is 25.7 Å². The molecule has 2 aromatic rings. The second kappa shape index (κ2) is 6.31. The highest BCUT2D eigenvalue weighted by Crippen LogP contribution is 2.33. The van der Waals surface area contributed by atoms with E-state index in [-0.39, 0.29) is 0 Å². The summed E-state index contributed by atoms with van der Waals surface area (Å²) in [5, 5.41) is 2.93. The molecule has 1 saturated carbocycles. The first-order valence-electron chi connectivity index (χ1n) is 7.16. The normalized spacial score (nSPS) is 15.9. The maximum Gasteiger partial charge on any atom is 0.0737 e. The summed E-state index contributed by atoms with van der Waals surface area (Å²) >= 11 is 9.67. The van der Waals surface area contributed by atoms with Crippen molar-refractivity contribution in [3.63, 3.8) is 0 Å². The van der Waals surface area contributed by atoms with E-state index in [4.69, 9.17) is 11.6 Å². The fraction of sp³-hybridized carbons (Fsp3) is 0.438. The Labute approximate surface area is 133 Å². The van der Waals surface area contributed by atoms with Crippen LogP contribution in [0.15, 0.2) is 30.5 Å². The lowest BCUT2D eigenvalue weighted by molar-refractivity contribution is 0.624. The molecule has 1 heterocycles. The van der Waals surface area contributed by atoms with E-state index in [1.165, 1.54) is 36.8 Å². The predicted molar refractivity (Wildman–Crippen MR) is 90.1 cm³/mol. The lowest BCUT2D eigenvalue weighted by Gasteiger charge is -2.31. The van der Waals surface area contributed by atoms with Crippen molar-refractivity contribution >= 4 is 44.1 Å². The van der Waals surface area contributed by atoms with Gasteiger partial charge < -0.3 is 4.90 Å². The van der Waals surface area contributed by atoms with Crippen molar-refractivity contribution in [2.45, 2.75) is 31.7 Å². The quantitative estimate of drug-likeness (QED) is 0.716. The van der Waals surface area contributed by atoms with E-state index in [0.29, 0.717) is 6.04 Å². The third kappa shape index (κ3) is 2.79. The zero-order valence-electron chi connectivity index (χ0n) is 11.4. The third-order valence-electron chi connectivity index (χ3n) is 4.08. The number of anilines is 1. The Bertz CT molecular complexity index is 596. The van der Waals surface area contributed by atoms with Gasteiger partial charge in [0.2, 0.25) is 0 Å². The molecule has 106 valence electrons. The maximum atomic E-state index is 6.08. The van der Waals surface area contributed by atoms with Gasteiger partial charge in [0.25, 0.3) is 0 Å². The molecule has 0 aliphatic heterocycles. The van der Waals surface area contributed by atoms with Gasteiger partial charge >= 0.3 is 0 Å². The van der Waals surface area contributed by atoms with Crippen LogP contribution >= 0.6 is 27.5 Å². The second-order valence-corrected chi connectivity index (χ2v) is 6.54. The fourth-order valence-electron chi connectivity index (χ4n) is 3.16. The number of aromatic nitrogens is 1. The summed E-state index contributed by atoms with van der Waals surface area (Å²) in [6.07, 6.45) is 7.18. The summed E-state index contributed by atoms with van der Waals surface area (Å²) in [6.45, 7) is 1.03. The minimum absolute atomic E-state index is 0.661. The highest BCUT2D eigenvalue weighted by Gasteiger charge is 2.23. The third-order valence-corrected chi connectivity index (χ3v) is 4.67. The van der Waals surface area contributed by atoms with Gasteiger partial charge in [-0.2, -0.15) is 0 Å². The lowest BCUT2D eigenvalue weighted by Crippen LogP contribution is -2.35. The molecule has 0 N–H and O–H groups in total. The SMILES string of the molecule is Clc1ccc2c(N(CCBr)C3CCCC3)ccnc2c1. The molecule has 1 aromatic heterocycles. The van der Waals surface area contributed by atoms with E-state index in [0.717, 1.165) is 22.4 Å². The van der Waals surface area contributed by atoms with Crippen molar-refractivity contribution in [3.05, 3.63) is 35.5 Å². The number of hydrogen-bond acceptors (Lipinski definition) is 2. The minimum Gasteiger partial charge on any atom is -0.367 e. The van der Waals surface area contributed by atoms with Crippen molar-refractivity contribution in [1.82, 2.24) is 4.98 Å². The van der Waals surface area contributed by atoms with Crippen molar-refractivity contribution < 1.29 is 0 Å². The molecule has 2 nitrogen and oxygen atoms in total. The minimum atomic E-state index is 0.661. The summed E-state index contributed by atoms with van der Waals surface area (Å²) < 4.78 is 0. The Hall–Kier alpha value is -0.800. The monoisotopic (exact) mass is 352 g/mol. The highest BCUT2D eigenvalue weighted by atomic mass is 79.9. The van der Waals surface area contributed by atoms with E-state index in [1.54, 1.807) is 0 Å². The summed E-state index contributed by atoms with van der Waals surface area (Å²) in [4.78, 5) is 6.99. The molecule has 4 heteroatoms. The van der Waals surface area contributed by atoms with Crippen LogP contribution in [-0.4, -0.2) is 22.9 Å². The smallest absolute Gasteiger partial charge is 0.0737 e. The molecule has 0 bridgehead atoms. The molecule has 1 aliphatic rings. The zero-order chi connectivity index (χ0) is 13.9. The summed E-state index contributed by atoms with van der Waals surface area (Å²) in [5.41, 5.74) is 2.27. The van der Waals surface area contributed by atoms with Crippen LogP contribution < -0.4 is 4.90 Å². The summed E-state index contributed by atoms with van der Waals surface area (Å²) in [5.74, 6) is 0. The second-order valence-electron chi connectivity index (χ2n) is 5.31. The molecule has 1 aliphatic carbocycles. The Morgan fingerprint density at radius 1 is 1.25 bits per heavy atom. The summed E-state index contributed by atoms with van der Waals surface area (Å²) in [6, 6.07) is 8.79. The lowest BCUT2D eigenvalue weighted by atomic mass is 10.1. The molecule has 0 spiro atoms. The topological polar surface area (TPSA) is 16.1 Å². The Morgan fingerprint density at radius 2 is 2.05 bits per heavy atom. The first-order valence-corrected chi connectivity index (χ1v) is 8.66. The van der Waals surface area contributed by atoms with Crippen LogP contribution in [0, 0.1) is 0 Å². The first-order chi connectivity index (χ1) is 9.79. The highest BCUT2D eigenvalue weighted by molar-refractivity contribution is 9.09. The fourth-order valence-corrected chi connectivity index (χ4v) is 3.71. The number of halogens is 2. The maximum absolute atomic E-state index is 6.08. The molecule has 0 amide bonds. The van der Waals surface area contributed by atoms with Crippen molar-refractivity contribution in [2.24, 2.45) is 0 Å². The van der Waals surface area contributed by atoms with Crippen LogP contribution in [0.5, 0.6) is 0 Å². The van der Waals surface area contributed by atoms with E-state index in [1.807, 2.05) is 18.3 Å². The van der Waals surface area contributed by atoms with E-state index >= 15 is 0 Å². The molecule has 3 rings (SSSR count). The van der Waals surface area contributed by atoms with E-state index < -0.39 is 0 Å². The number of rotatable bonds is 4. The molecular formula is C16H18BrClN2.